The van der Waals surface area contributed by atoms with Crippen LogP contribution < -0.4 is 5.32 Å². The lowest BCUT2D eigenvalue weighted by Crippen LogP contribution is -2.25. The van der Waals surface area contributed by atoms with Gasteiger partial charge in [0.05, 0.1) is 22.6 Å². The Morgan fingerprint density at radius 1 is 1.19 bits per heavy atom. The van der Waals surface area contributed by atoms with E-state index >= 15 is 0 Å². The van der Waals surface area contributed by atoms with Crippen LogP contribution in [-0.4, -0.2) is 88.8 Å². The molecule has 0 atom stereocenters. The number of aromatic nitrogens is 3. The minimum absolute atomic E-state index is 0.414. The summed E-state index contributed by atoms with van der Waals surface area (Å²) in [5.41, 5.74) is 6.72. The van der Waals surface area contributed by atoms with Crippen molar-refractivity contribution in [2.75, 3.05) is 58.7 Å². The molecule has 5 rings (SSSR count). The fraction of sp³-hybridized carbons (Fsp3) is 0.464. The number of allylic oxidation sites excluding steroid dienone is 1. The van der Waals surface area contributed by atoms with Crippen LogP contribution in [0.3, 0.4) is 0 Å². The third-order valence-corrected chi connectivity index (χ3v) is 7.46. The highest BCUT2D eigenvalue weighted by Crippen LogP contribution is 2.35. The predicted molar refractivity (Wildman–Crippen MR) is 151 cm³/mol. The topological polar surface area (TPSA) is 86.2 Å². The van der Waals surface area contributed by atoms with Crippen LogP contribution in [0, 0.1) is 19.3 Å². The zero-order valence-electron chi connectivity index (χ0n) is 22.6. The van der Waals surface area contributed by atoms with E-state index in [0.717, 1.165) is 72.2 Å². The fourth-order valence-corrected chi connectivity index (χ4v) is 5.16. The lowest BCUT2D eigenvalue weighted by molar-refractivity contribution is 0.212. The lowest BCUT2D eigenvalue weighted by Gasteiger charge is -2.21. The van der Waals surface area contributed by atoms with Crippen LogP contribution in [0.1, 0.15) is 35.4 Å². The minimum Gasteiger partial charge on any atom is -0.490 e. The van der Waals surface area contributed by atoms with Crippen molar-refractivity contribution in [2.45, 2.75) is 26.7 Å². The Labute approximate surface area is 218 Å². The van der Waals surface area contributed by atoms with Crippen molar-refractivity contribution >= 4 is 34.2 Å². The van der Waals surface area contributed by atoms with Crippen molar-refractivity contribution in [3.05, 3.63) is 53.0 Å². The van der Waals surface area contributed by atoms with Crippen molar-refractivity contribution in [1.29, 1.82) is 5.41 Å². The second-order valence-electron chi connectivity index (χ2n) is 10.2. The molecule has 3 aromatic rings. The molecule has 0 aromatic carbocycles. The normalized spacial score (nSPS) is 17.2. The van der Waals surface area contributed by atoms with Gasteiger partial charge in [0.25, 0.3) is 0 Å². The van der Waals surface area contributed by atoms with Gasteiger partial charge in [-0.25, -0.2) is 9.51 Å². The molecule has 0 saturated carbocycles. The maximum absolute atomic E-state index is 9.15. The molecule has 0 amide bonds. The summed E-state index contributed by atoms with van der Waals surface area (Å²) in [5, 5.41) is 17.3. The number of likely N-dealkylation sites (N-methyl/N-ethyl adjacent to an activating group) is 1. The van der Waals surface area contributed by atoms with Crippen molar-refractivity contribution in [3.63, 3.8) is 0 Å². The molecule has 2 N–H and O–H groups in total. The van der Waals surface area contributed by atoms with Gasteiger partial charge >= 0.3 is 0 Å². The molecule has 196 valence electrons. The molecule has 0 bridgehead atoms. The van der Waals surface area contributed by atoms with E-state index in [4.69, 9.17) is 20.2 Å². The molecule has 2 aliphatic rings. The van der Waals surface area contributed by atoms with Crippen molar-refractivity contribution < 1.29 is 4.74 Å². The van der Waals surface area contributed by atoms with E-state index in [-0.39, 0.29) is 0 Å². The van der Waals surface area contributed by atoms with Gasteiger partial charge in [0, 0.05) is 50.2 Å². The van der Waals surface area contributed by atoms with Crippen LogP contribution in [0.4, 0.5) is 11.5 Å². The quantitative estimate of drug-likeness (QED) is 0.464. The first kappa shape index (κ1) is 25.2. The standard InChI is InChI=1S/C28H38N8O/c1-19-20(2)34(5)27-23(37-17-16-35-12-8-9-13-35)18-21(25(29)24(19)27)31-26-22-10-6-7-14-36(22)32-28(26)30-11-15-33(3)4/h6-7,10,14,18,29H,8-9,11-13,15-17H2,1-5H3,(H,30,32). The van der Waals surface area contributed by atoms with Gasteiger partial charge < -0.3 is 19.5 Å². The van der Waals surface area contributed by atoms with Gasteiger partial charge in [0.2, 0.25) is 0 Å². The van der Waals surface area contributed by atoms with Crippen LogP contribution in [0.15, 0.2) is 35.5 Å². The lowest BCUT2D eigenvalue weighted by atomic mass is 9.95. The van der Waals surface area contributed by atoms with Gasteiger partial charge in [-0.2, -0.15) is 0 Å². The Bertz CT molecular complexity index is 1370. The smallest absolute Gasteiger partial charge is 0.175 e. The highest BCUT2D eigenvalue weighted by Gasteiger charge is 2.30. The van der Waals surface area contributed by atoms with Crippen molar-refractivity contribution in [3.8, 4) is 0 Å². The number of ether oxygens (including phenoxy) is 1. The third kappa shape index (κ3) is 4.93. The molecule has 9 nitrogen and oxygen atoms in total. The van der Waals surface area contributed by atoms with E-state index in [1.165, 1.54) is 12.8 Å². The summed E-state index contributed by atoms with van der Waals surface area (Å²) < 4.78 is 10.4. The highest BCUT2D eigenvalue weighted by molar-refractivity contribution is 6.54. The van der Waals surface area contributed by atoms with Gasteiger partial charge in [-0.15, -0.1) is 5.10 Å². The Kier molecular flexibility index (Phi) is 7.17. The molecule has 1 aliphatic heterocycles. The summed E-state index contributed by atoms with van der Waals surface area (Å²) in [4.78, 5) is 9.63. The van der Waals surface area contributed by atoms with Crippen LogP contribution in [0.5, 0.6) is 0 Å². The molecule has 1 saturated heterocycles. The van der Waals surface area contributed by atoms with Crippen molar-refractivity contribution in [2.24, 2.45) is 12.0 Å². The number of hydrogen-bond acceptors (Lipinski definition) is 7. The number of fused-ring (bicyclic) bond motifs is 2. The molecule has 4 heterocycles. The number of nitrogens with one attached hydrogen (secondary N) is 2. The molecule has 9 heteroatoms. The number of rotatable bonds is 9. The second-order valence-corrected chi connectivity index (χ2v) is 10.2. The minimum atomic E-state index is 0.414. The Morgan fingerprint density at radius 3 is 2.73 bits per heavy atom. The number of anilines is 1. The molecule has 1 fully saturated rings. The Hall–Kier alpha value is -3.43. The maximum Gasteiger partial charge on any atom is 0.175 e. The molecular formula is C28H38N8O. The van der Waals surface area contributed by atoms with Crippen LogP contribution >= 0.6 is 0 Å². The first-order valence-electron chi connectivity index (χ1n) is 13.1. The molecule has 0 unspecified atom stereocenters. The monoisotopic (exact) mass is 502 g/mol. The first-order valence-corrected chi connectivity index (χ1v) is 13.1. The van der Waals surface area contributed by atoms with E-state index in [0.29, 0.717) is 23.8 Å². The summed E-state index contributed by atoms with van der Waals surface area (Å²) in [6, 6.07) is 5.95. The Balaban J connectivity index is 1.54. The summed E-state index contributed by atoms with van der Waals surface area (Å²) in [5.74, 6) is 1.49. The van der Waals surface area contributed by atoms with Crippen LogP contribution in [0.25, 0.3) is 11.3 Å². The fourth-order valence-electron chi connectivity index (χ4n) is 5.16. The zero-order chi connectivity index (χ0) is 26.1. The number of nitrogens with zero attached hydrogens (tertiary/aromatic N) is 6. The number of aliphatic imine (C=N–C) groups is 1. The van der Waals surface area contributed by atoms with Gasteiger partial charge in [0.15, 0.2) is 5.82 Å². The summed E-state index contributed by atoms with van der Waals surface area (Å²) >= 11 is 0. The zero-order valence-corrected chi connectivity index (χ0v) is 22.6. The van der Waals surface area contributed by atoms with E-state index < -0.39 is 0 Å². The first-order chi connectivity index (χ1) is 17.8. The summed E-state index contributed by atoms with van der Waals surface area (Å²) in [7, 11) is 6.15. The molecule has 0 spiro atoms. The van der Waals surface area contributed by atoms with E-state index in [2.05, 4.69) is 33.5 Å². The average Bonchev–Trinajstić information content (AvgIpc) is 3.57. The number of likely N-dealkylation sites (tertiary alicyclic amines) is 1. The van der Waals surface area contributed by atoms with Crippen LogP contribution in [-0.2, 0) is 11.8 Å². The van der Waals surface area contributed by atoms with Gasteiger partial charge in [-0.3, -0.25) is 10.3 Å². The van der Waals surface area contributed by atoms with Crippen LogP contribution in [0.2, 0.25) is 0 Å². The average molecular weight is 503 g/mol. The van der Waals surface area contributed by atoms with E-state index in [1.54, 1.807) is 0 Å². The molecular weight excluding hydrogens is 464 g/mol. The van der Waals surface area contributed by atoms with Gasteiger partial charge in [-0.05, 0) is 71.6 Å². The molecule has 0 radical (unpaired) electrons. The molecule has 3 aromatic heterocycles. The largest absolute Gasteiger partial charge is 0.490 e. The molecule has 1 aliphatic carbocycles. The molecule has 37 heavy (non-hydrogen) atoms. The number of hydrogen-bond donors (Lipinski definition) is 2. The Morgan fingerprint density at radius 2 is 1.97 bits per heavy atom. The second kappa shape index (κ2) is 10.5. The third-order valence-electron chi connectivity index (χ3n) is 7.46. The van der Waals surface area contributed by atoms with E-state index in [9.17, 15) is 0 Å². The summed E-state index contributed by atoms with van der Waals surface area (Å²) in [6.07, 6.45) is 6.39. The number of pyridine rings is 1. The van der Waals surface area contributed by atoms with Gasteiger partial charge in [-0.1, -0.05) is 6.07 Å². The maximum atomic E-state index is 9.15. The predicted octanol–water partition coefficient (Wildman–Crippen LogP) is 3.87. The van der Waals surface area contributed by atoms with E-state index in [1.807, 2.05) is 56.1 Å². The van der Waals surface area contributed by atoms with Crippen molar-refractivity contribution in [1.82, 2.24) is 24.0 Å². The SMILES string of the molecule is Cc1c2c(n(C)c1C)C(OCCN1CCCC1)=CC(=Nc1c(NCCN(C)C)nn3ccccc13)C2=N. The van der Waals surface area contributed by atoms with Gasteiger partial charge in [0.1, 0.15) is 18.1 Å². The summed E-state index contributed by atoms with van der Waals surface area (Å²) in [6.45, 7) is 9.61. The highest BCUT2D eigenvalue weighted by atomic mass is 16.5.